The van der Waals surface area contributed by atoms with E-state index in [1.165, 1.54) is 5.56 Å². The molecule has 0 heterocycles. The highest BCUT2D eigenvalue weighted by atomic mass is 16.3. The Morgan fingerprint density at radius 3 is 1.75 bits per heavy atom. The van der Waals surface area contributed by atoms with E-state index in [2.05, 4.69) is 39.0 Å². The van der Waals surface area contributed by atoms with Gasteiger partial charge in [-0.1, -0.05) is 57.2 Å². The van der Waals surface area contributed by atoms with Gasteiger partial charge >= 0.3 is 0 Å². The van der Waals surface area contributed by atoms with Crippen molar-refractivity contribution in [2.45, 2.75) is 32.3 Å². The highest BCUT2D eigenvalue weighted by Crippen LogP contribution is 2.26. The zero-order valence-electron chi connectivity index (χ0n) is 12.1. The zero-order chi connectivity index (χ0) is 14.8. The maximum absolute atomic E-state index is 10.4. The molecular weight excluding hydrogens is 246 g/mol. The first kappa shape index (κ1) is 14.3. The third-order valence-corrected chi connectivity index (χ3v) is 3.45. The summed E-state index contributed by atoms with van der Waals surface area (Å²) in [5.41, 5.74) is 3.62. The summed E-state index contributed by atoms with van der Waals surface area (Å²) in [7, 11) is 0. The van der Waals surface area contributed by atoms with Gasteiger partial charge in [0, 0.05) is 0 Å². The van der Waals surface area contributed by atoms with Crippen molar-refractivity contribution >= 4 is 0 Å². The SMILES string of the molecule is CC(C)(C)c1ccc(C(O)c2ccc(C#N)cc2)cc1. The highest BCUT2D eigenvalue weighted by Gasteiger charge is 2.15. The van der Waals surface area contributed by atoms with Gasteiger partial charge in [0.1, 0.15) is 6.10 Å². The molecule has 1 unspecified atom stereocenters. The topological polar surface area (TPSA) is 44.0 Å². The largest absolute Gasteiger partial charge is 0.384 e. The van der Waals surface area contributed by atoms with Crippen molar-refractivity contribution in [3.8, 4) is 6.07 Å². The van der Waals surface area contributed by atoms with Crippen LogP contribution in [0.25, 0.3) is 0 Å². The number of nitriles is 1. The number of rotatable bonds is 2. The summed E-state index contributed by atoms with van der Waals surface area (Å²) in [4.78, 5) is 0. The van der Waals surface area contributed by atoms with Crippen molar-refractivity contribution in [2.75, 3.05) is 0 Å². The second-order valence-corrected chi connectivity index (χ2v) is 6.01. The second kappa shape index (κ2) is 5.48. The quantitative estimate of drug-likeness (QED) is 0.893. The van der Waals surface area contributed by atoms with E-state index in [1.54, 1.807) is 24.3 Å². The minimum atomic E-state index is -0.656. The van der Waals surface area contributed by atoms with E-state index in [1.807, 2.05) is 12.1 Å². The van der Waals surface area contributed by atoms with Crippen molar-refractivity contribution < 1.29 is 5.11 Å². The maximum atomic E-state index is 10.4. The van der Waals surface area contributed by atoms with Gasteiger partial charge in [-0.25, -0.2) is 0 Å². The van der Waals surface area contributed by atoms with Gasteiger partial charge in [0.2, 0.25) is 0 Å². The van der Waals surface area contributed by atoms with Crippen LogP contribution in [0.2, 0.25) is 0 Å². The molecule has 0 amide bonds. The third kappa shape index (κ3) is 3.07. The molecule has 2 aromatic rings. The smallest absolute Gasteiger partial charge is 0.104 e. The zero-order valence-corrected chi connectivity index (χ0v) is 12.1. The number of aliphatic hydroxyl groups is 1. The van der Waals surface area contributed by atoms with Crippen LogP contribution in [-0.2, 0) is 5.41 Å². The van der Waals surface area contributed by atoms with E-state index < -0.39 is 6.10 Å². The molecule has 0 saturated carbocycles. The monoisotopic (exact) mass is 265 g/mol. The summed E-state index contributed by atoms with van der Waals surface area (Å²) in [5.74, 6) is 0. The van der Waals surface area contributed by atoms with Crippen LogP contribution in [0.3, 0.4) is 0 Å². The Kier molecular flexibility index (Phi) is 3.92. The maximum Gasteiger partial charge on any atom is 0.104 e. The van der Waals surface area contributed by atoms with E-state index in [9.17, 15) is 5.11 Å². The number of aliphatic hydroxyl groups excluding tert-OH is 1. The van der Waals surface area contributed by atoms with Crippen LogP contribution in [0, 0.1) is 11.3 Å². The van der Waals surface area contributed by atoms with Crippen molar-refractivity contribution in [1.82, 2.24) is 0 Å². The van der Waals surface area contributed by atoms with Crippen LogP contribution in [-0.4, -0.2) is 5.11 Å². The molecule has 2 rings (SSSR count). The summed E-state index contributed by atoms with van der Waals surface area (Å²) < 4.78 is 0. The van der Waals surface area contributed by atoms with E-state index in [-0.39, 0.29) is 5.41 Å². The molecule has 2 heteroatoms. The molecule has 0 aromatic heterocycles. The standard InChI is InChI=1S/C18H19NO/c1-18(2,3)16-10-8-15(9-11-16)17(20)14-6-4-13(12-19)5-7-14/h4-11,17,20H,1-3H3. The molecule has 0 saturated heterocycles. The van der Waals surface area contributed by atoms with E-state index in [0.717, 1.165) is 11.1 Å². The third-order valence-electron chi connectivity index (χ3n) is 3.45. The Hall–Kier alpha value is -2.11. The van der Waals surface area contributed by atoms with Gasteiger partial charge in [-0.15, -0.1) is 0 Å². The Morgan fingerprint density at radius 1 is 0.900 bits per heavy atom. The summed E-state index contributed by atoms with van der Waals surface area (Å²) in [6.07, 6.45) is -0.656. The van der Waals surface area contributed by atoms with Crippen molar-refractivity contribution in [1.29, 1.82) is 5.26 Å². The predicted octanol–water partition coefficient (Wildman–Crippen LogP) is 3.94. The Morgan fingerprint density at radius 2 is 1.35 bits per heavy atom. The molecule has 102 valence electrons. The average Bonchev–Trinajstić information content (AvgIpc) is 2.46. The van der Waals surface area contributed by atoms with Gasteiger partial charge in [0.05, 0.1) is 11.6 Å². The fraction of sp³-hybridized carbons (Fsp3) is 0.278. The minimum absolute atomic E-state index is 0.109. The summed E-state index contributed by atoms with van der Waals surface area (Å²) in [6, 6.07) is 17.1. The lowest BCUT2D eigenvalue weighted by Gasteiger charge is -2.20. The Bertz CT molecular complexity index is 612. The van der Waals surface area contributed by atoms with Gasteiger partial charge < -0.3 is 5.11 Å². The summed E-state index contributed by atoms with van der Waals surface area (Å²) in [6.45, 7) is 6.50. The minimum Gasteiger partial charge on any atom is -0.384 e. The molecule has 0 spiro atoms. The lowest BCUT2D eigenvalue weighted by molar-refractivity contribution is 0.220. The summed E-state index contributed by atoms with van der Waals surface area (Å²) >= 11 is 0. The normalized spacial score (nSPS) is 12.8. The fourth-order valence-electron chi connectivity index (χ4n) is 2.10. The van der Waals surface area contributed by atoms with E-state index in [0.29, 0.717) is 5.56 Å². The average molecular weight is 265 g/mol. The molecule has 0 aliphatic heterocycles. The van der Waals surface area contributed by atoms with Crippen LogP contribution >= 0.6 is 0 Å². The van der Waals surface area contributed by atoms with Crippen LogP contribution in [0.15, 0.2) is 48.5 Å². The van der Waals surface area contributed by atoms with Gasteiger partial charge in [-0.3, -0.25) is 0 Å². The molecule has 1 atom stereocenters. The molecule has 0 radical (unpaired) electrons. The van der Waals surface area contributed by atoms with E-state index >= 15 is 0 Å². The lowest BCUT2D eigenvalue weighted by atomic mass is 9.86. The van der Waals surface area contributed by atoms with Crippen LogP contribution in [0.1, 0.15) is 49.1 Å². The molecule has 0 aliphatic rings. The van der Waals surface area contributed by atoms with Crippen LogP contribution in [0.4, 0.5) is 0 Å². The van der Waals surface area contributed by atoms with Crippen LogP contribution < -0.4 is 0 Å². The number of benzene rings is 2. The Labute approximate surface area is 120 Å². The number of hydrogen-bond acceptors (Lipinski definition) is 2. The van der Waals surface area contributed by atoms with Crippen molar-refractivity contribution in [3.63, 3.8) is 0 Å². The lowest BCUT2D eigenvalue weighted by Crippen LogP contribution is -2.11. The van der Waals surface area contributed by atoms with Crippen LogP contribution in [0.5, 0.6) is 0 Å². The van der Waals surface area contributed by atoms with Crippen molar-refractivity contribution in [2.24, 2.45) is 0 Å². The highest BCUT2D eigenvalue weighted by molar-refractivity contribution is 5.37. The molecule has 1 N–H and O–H groups in total. The fourth-order valence-corrected chi connectivity index (χ4v) is 2.10. The second-order valence-electron chi connectivity index (χ2n) is 6.01. The van der Waals surface area contributed by atoms with Gasteiger partial charge in [-0.05, 0) is 34.2 Å². The first-order valence-corrected chi connectivity index (χ1v) is 6.70. The molecule has 0 bridgehead atoms. The molecule has 20 heavy (non-hydrogen) atoms. The first-order valence-electron chi connectivity index (χ1n) is 6.70. The molecule has 2 nitrogen and oxygen atoms in total. The molecule has 0 fully saturated rings. The van der Waals surface area contributed by atoms with Crippen molar-refractivity contribution in [3.05, 3.63) is 70.8 Å². The van der Waals surface area contributed by atoms with Gasteiger partial charge in [-0.2, -0.15) is 5.26 Å². The molecule has 2 aromatic carbocycles. The first-order chi connectivity index (χ1) is 9.41. The van der Waals surface area contributed by atoms with E-state index in [4.69, 9.17) is 5.26 Å². The predicted molar refractivity (Wildman–Crippen MR) is 80.4 cm³/mol. The number of nitrogens with zero attached hydrogens (tertiary/aromatic N) is 1. The van der Waals surface area contributed by atoms with Gasteiger partial charge in [0.15, 0.2) is 0 Å². The van der Waals surface area contributed by atoms with Gasteiger partial charge in [0.25, 0.3) is 0 Å². The molecular formula is C18H19NO. The number of hydrogen-bond donors (Lipinski definition) is 1. The molecule has 0 aliphatic carbocycles. The summed E-state index contributed by atoms with van der Waals surface area (Å²) in [5, 5.41) is 19.1. The Balaban J connectivity index is 2.24.